The molecule has 0 atom stereocenters. The summed E-state index contributed by atoms with van der Waals surface area (Å²) < 4.78 is 0. The van der Waals surface area contributed by atoms with Crippen molar-refractivity contribution in [2.75, 3.05) is 18.8 Å². The Morgan fingerprint density at radius 1 is 1.64 bits per heavy atom. The number of carbonyl (C=O) groups excluding carboxylic acids is 1. The van der Waals surface area contributed by atoms with Crippen molar-refractivity contribution in [3.8, 4) is 0 Å². The van der Waals surface area contributed by atoms with Gasteiger partial charge in [0.25, 0.3) is 0 Å². The van der Waals surface area contributed by atoms with Crippen LogP contribution in [0.4, 0.5) is 5.82 Å². The molecule has 1 aliphatic rings. The second-order valence-electron chi connectivity index (χ2n) is 3.59. The van der Waals surface area contributed by atoms with E-state index in [0.717, 1.165) is 13.1 Å². The van der Waals surface area contributed by atoms with Gasteiger partial charge in [-0.1, -0.05) is 0 Å². The summed E-state index contributed by atoms with van der Waals surface area (Å²) in [6, 6.07) is 3.47. The highest BCUT2D eigenvalue weighted by atomic mass is 16.1. The second-order valence-corrected chi connectivity index (χ2v) is 3.59. The molecule has 14 heavy (non-hydrogen) atoms. The van der Waals surface area contributed by atoms with Gasteiger partial charge in [0.05, 0.1) is 5.56 Å². The number of nitrogen functional groups attached to an aromatic ring is 1. The predicted molar refractivity (Wildman–Crippen MR) is 54.0 cm³/mol. The van der Waals surface area contributed by atoms with Gasteiger partial charge in [-0.3, -0.25) is 4.79 Å². The Morgan fingerprint density at radius 3 is 3.00 bits per heavy atom. The number of ketones is 1. The van der Waals surface area contributed by atoms with Gasteiger partial charge in [0.2, 0.25) is 0 Å². The Kier molecular flexibility index (Phi) is 2.45. The van der Waals surface area contributed by atoms with Crippen LogP contribution >= 0.6 is 0 Å². The van der Waals surface area contributed by atoms with Crippen LogP contribution in [0.5, 0.6) is 0 Å². The Morgan fingerprint density at radius 2 is 2.43 bits per heavy atom. The minimum atomic E-state index is 0.0992. The number of carbonyl (C=O) groups is 1. The molecule has 0 saturated carbocycles. The standard InChI is InChI=1S/C10H13N3O/c11-10-8(2-1-3-13-10)9(14)4-7-5-12-6-7/h1-3,7,12H,4-6H2,(H2,11,13). The van der Waals surface area contributed by atoms with E-state index in [4.69, 9.17) is 5.73 Å². The normalized spacial score (nSPS) is 16.3. The van der Waals surface area contributed by atoms with Crippen LogP contribution in [0.1, 0.15) is 16.8 Å². The molecular weight excluding hydrogens is 178 g/mol. The van der Waals surface area contributed by atoms with Crippen molar-refractivity contribution in [2.24, 2.45) is 5.92 Å². The molecule has 0 amide bonds. The second kappa shape index (κ2) is 3.75. The molecule has 1 aliphatic heterocycles. The molecule has 1 fully saturated rings. The first-order chi connectivity index (χ1) is 6.77. The van der Waals surface area contributed by atoms with E-state index in [-0.39, 0.29) is 5.78 Å². The molecule has 1 aromatic heterocycles. The fourth-order valence-electron chi connectivity index (χ4n) is 1.52. The number of rotatable bonds is 3. The number of nitrogens with two attached hydrogens (primary N) is 1. The van der Waals surface area contributed by atoms with Crippen LogP contribution in [-0.4, -0.2) is 23.9 Å². The van der Waals surface area contributed by atoms with Crippen molar-refractivity contribution in [1.82, 2.24) is 10.3 Å². The zero-order chi connectivity index (χ0) is 9.97. The molecule has 0 aromatic carbocycles. The summed E-state index contributed by atoms with van der Waals surface area (Å²) in [6.07, 6.45) is 2.17. The van der Waals surface area contributed by atoms with E-state index in [0.29, 0.717) is 23.7 Å². The van der Waals surface area contributed by atoms with Gasteiger partial charge in [-0.15, -0.1) is 0 Å². The molecule has 1 aromatic rings. The largest absolute Gasteiger partial charge is 0.383 e. The highest BCUT2D eigenvalue weighted by Crippen LogP contribution is 2.16. The van der Waals surface area contributed by atoms with Crippen LogP contribution in [0.3, 0.4) is 0 Å². The van der Waals surface area contributed by atoms with Gasteiger partial charge in [0, 0.05) is 12.6 Å². The lowest BCUT2D eigenvalue weighted by Gasteiger charge is -2.26. The summed E-state index contributed by atoms with van der Waals surface area (Å²) >= 11 is 0. The third-order valence-corrected chi connectivity index (χ3v) is 2.48. The topological polar surface area (TPSA) is 68.0 Å². The summed E-state index contributed by atoms with van der Waals surface area (Å²) in [5.74, 6) is 0.911. The summed E-state index contributed by atoms with van der Waals surface area (Å²) in [5.41, 5.74) is 6.16. The lowest BCUT2D eigenvalue weighted by atomic mass is 9.94. The van der Waals surface area contributed by atoms with Crippen LogP contribution in [-0.2, 0) is 0 Å². The highest BCUT2D eigenvalue weighted by Gasteiger charge is 2.21. The molecule has 1 saturated heterocycles. The number of nitrogens with zero attached hydrogens (tertiary/aromatic N) is 1. The monoisotopic (exact) mass is 191 g/mol. The molecule has 0 unspecified atom stereocenters. The van der Waals surface area contributed by atoms with E-state index in [2.05, 4.69) is 10.3 Å². The lowest BCUT2D eigenvalue weighted by molar-refractivity contribution is 0.0946. The first kappa shape index (κ1) is 9.15. The number of nitrogens with one attached hydrogen (secondary N) is 1. The third kappa shape index (κ3) is 1.75. The van der Waals surface area contributed by atoms with Crippen molar-refractivity contribution in [2.45, 2.75) is 6.42 Å². The molecule has 0 spiro atoms. The number of hydrogen-bond donors (Lipinski definition) is 2. The summed E-state index contributed by atoms with van der Waals surface area (Å²) in [5, 5.41) is 3.13. The quantitative estimate of drug-likeness (QED) is 0.681. The van der Waals surface area contributed by atoms with Gasteiger partial charge in [-0.2, -0.15) is 0 Å². The number of pyridine rings is 1. The molecule has 2 heterocycles. The molecule has 0 aliphatic carbocycles. The summed E-state index contributed by atoms with van der Waals surface area (Å²) in [4.78, 5) is 15.6. The van der Waals surface area contributed by atoms with Gasteiger partial charge in [0.15, 0.2) is 5.78 Å². The number of Topliss-reactive ketones (excluding diaryl/α,β-unsaturated/α-hetero) is 1. The fourth-order valence-corrected chi connectivity index (χ4v) is 1.52. The average Bonchev–Trinajstić information content (AvgIpc) is 2.12. The minimum Gasteiger partial charge on any atom is -0.383 e. The molecular formula is C10H13N3O. The summed E-state index contributed by atoms with van der Waals surface area (Å²) in [6.45, 7) is 1.87. The van der Waals surface area contributed by atoms with Crippen molar-refractivity contribution in [3.05, 3.63) is 23.9 Å². The molecule has 2 rings (SSSR count). The van der Waals surface area contributed by atoms with Crippen molar-refractivity contribution >= 4 is 11.6 Å². The van der Waals surface area contributed by atoms with Crippen LogP contribution < -0.4 is 11.1 Å². The number of anilines is 1. The Labute approximate surface area is 82.5 Å². The zero-order valence-corrected chi connectivity index (χ0v) is 7.86. The maximum Gasteiger partial charge on any atom is 0.166 e. The van der Waals surface area contributed by atoms with E-state index >= 15 is 0 Å². The first-order valence-electron chi connectivity index (χ1n) is 4.72. The van der Waals surface area contributed by atoms with E-state index < -0.39 is 0 Å². The molecule has 3 N–H and O–H groups in total. The van der Waals surface area contributed by atoms with E-state index in [1.165, 1.54) is 0 Å². The zero-order valence-electron chi connectivity index (χ0n) is 7.86. The summed E-state index contributed by atoms with van der Waals surface area (Å²) in [7, 11) is 0. The Bertz CT molecular complexity index is 347. The van der Waals surface area contributed by atoms with Crippen LogP contribution in [0, 0.1) is 5.92 Å². The first-order valence-corrected chi connectivity index (χ1v) is 4.72. The molecule has 74 valence electrons. The van der Waals surface area contributed by atoms with Crippen LogP contribution in [0.15, 0.2) is 18.3 Å². The van der Waals surface area contributed by atoms with Gasteiger partial charge in [-0.05, 0) is 31.1 Å². The molecule has 0 radical (unpaired) electrons. The van der Waals surface area contributed by atoms with Gasteiger partial charge >= 0.3 is 0 Å². The van der Waals surface area contributed by atoms with Crippen LogP contribution in [0.25, 0.3) is 0 Å². The van der Waals surface area contributed by atoms with Gasteiger partial charge < -0.3 is 11.1 Å². The predicted octanol–water partition coefficient (Wildman–Crippen LogP) is 0.456. The maximum absolute atomic E-state index is 11.7. The van der Waals surface area contributed by atoms with E-state index in [9.17, 15) is 4.79 Å². The van der Waals surface area contributed by atoms with Crippen molar-refractivity contribution in [3.63, 3.8) is 0 Å². The van der Waals surface area contributed by atoms with Crippen molar-refractivity contribution < 1.29 is 4.79 Å². The van der Waals surface area contributed by atoms with Crippen LogP contribution in [0.2, 0.25) is 0 Å². The molecule has 4 nitrogen and oxygen atoms in total. The average molecular weight is 191 g/mol. The molecule has 4 heteroatoms. The Hall–Kier alpha value is -1.42. The smallest absolute Gasteiger partial charge is 0.166 e. The number of hydrogen-bond acceptors (Lipinski definition) is 4. The Balaban J connectivity index is 2.06. The SMILES string of the molecule is Nc1ncccc1C(=O)CC1CNC1. The lowest BCUT2D eigenvalue weighted by Crippen LogP contribution is -2.43. The minimum absolute atomic E-state index is 0.0992. The molecule has 0 bridgehead atoms. The van der Waals surface area contributed by atoms with E-state index in [1.54, 1.807) is 18.3 Å². The van der Waals surface area contributed by atoms with Gasteiger partial charge in [0.1, 0.15) is 5.82 Å². The van der Waals surface area contributed by atoms with E-state index in [1.807, 2.05) is 0 Å². The van der Waals surface area contributed by atoms with Crippen molar-refractivity contribution in [1.29, 1.82) is 0 Å². The maximum atomic E-state index is 11.7. The highest BCUT2D eigenvalue weighted by molar-refractivity contribution is 6.00. The number of aromatic nitrogens is 1. The third-order valence-electron chi connectivity index (χ3n) is 2.48. The van der Waals surface area contributed by atoms with Gasteiger partial charge in [-0.25, -0.2) is 4.98 Å². The fraction of sp³-hybridized carbons (Fsp3) is 0.400.